The summed E-state index contributed by atoms with van der Waals surface area (Å²) in [6.07, 6.45) is 1.86. The van der Waals surface area contributed by atoms with Gasteiger partial charge in [0.2, 0.25) is 5.91 Å². The van der Waals surface area contributed by atoms with Gasteiger partial charge in [0.25, 0.3) is 0 Å². The minimum Gasteiger partial charge on any atom is -0.369 e. The quantitative estimate of drug-likeness (QED) is 0.873. The number of amides is 1. The topological polar surface area (TPSA) is 85.3 Å². The third-order valence-electron chi connectivity index (χ3n) is 3.87. The van der Waals surface area contributed by atoms with Crippen LogP contribution in [0.15, 0.2) is 12.3 Å². The first kappa shape index (κ1) is 15.4. The molecule has 0 aliphatic rings. The van der Waals surface area contributed by atoms with E-state index in [4.69, 9.17) is 5.73 Å². The van der Waals surface area contributed by atoms with Crippen molar-refractivity contribution in [1.82, 2.24) is 19.9 Å². The molecule has 1 atom stereocenters. The van der Waals surface area contributed by atoms with E-state index in [9.17, 15) is 4.79 Å². The molecule has 0 aliphatic carbocycles. The number of nitrogens with one attached hydrogen (secondary N) is 1. The average Bonchev–Trinajstić information content (AvgIpc) is 2.78. The van der Waals surface area contributed by atoms with Crippen molar-refractivity contribution in [3.8, 4) is 0 Å². The molecule has 114 valence electrons. The third-order valence-corrected chi connectivity index (χ3v) is 3.87. The van der Waals surface area contributed by atoms with Gasteiger partial charge in [0.05, 0.1) is 11.1 Å². The summed E-state index contributed by atoms with van der Waals surface area (Å²) in [5.74, 6) is -0.310. The van der Waals surface area contributed by atoms with E-state index in [1.54, 1.807) is 0 Å². The van der Waals surface area contributed by atoms with Crippen molar-refractivity contribution in [2.45, 2.75) is 40.7 Å². The second-order valence-corrected chi connectivity index (χ2v) is 6.21. The van der Waals surface area contributed by atoms with E-state index >= 15 is 0 Å². The summed E-state index contributed by atoms with van der Waals surface area (Å²) in [4.78, 5) is 15.8. The van der Waals surface area contributed by atoms with Crippen LogP contribution in [0.3, 0.4) is 0 Å². The highest BCUT2D eigenvalue weighted by Gasteiger charge is 2.25. The first-order chi connectivity index (χ1) is 9.72. The predicted molar refractivity (Wildman–Crippen MR) is 81.9 cm³/mol. The molecule has 0 saturated heterocycles. The summed E-state index contributed by atoms with van der Waals surface area (Å²) in [5, 5.41) is 7.80. The molecule has 1 amide bonds. The fourth-order valence-electron chi connectivity index (χ4n) is 2.21. The number of nitrogens with two attached hydrogens (primary N) is 1. The van der Waals surface area contributed by atoms with E-state index in [1.165, 1.54) is 0 Å². The van der Waals surface area contributed by atoms with Gasteiger partial charge in [0.1, 0.15) is 0 Å². The molecule has 6 nitrogen and oxygen atoms in total. The van der Waals surface area contributed by atoms with Crippen molar-refractivity contribution in [1.29, 1.82) is 0 Å². The number of nitrogens with zero attached hydrogens (tertiary/aromatic N) is 3. The Labute approximate surface area is 124 Å². The molecule has 0 aliphatic heterocycles. The molecule has 0 aromatic carbocycles. The van der Waals surface area contributed by atoms with E-state index in [0.717, 1.165) is 22.6 Å². The van der Waals surface area contributed by atoms with Gasteiger partial charge in [-0.05, 0) is 34.6 Å². The summed E-state index contributed by atoms with van der Waals surface area (Å²) < 4.78 is 1.85. The molecule has 1 unspecified atom stereocenters. The Hall–Kier alpha value is -1.95. The lowest BCUT2D eigenvalue weighted by molar-refractivity contribution is -0.125. The zero-order chi connectivity index (χ0) is 15.8. The molecule has 2 heterocycles. The summed E-state index contributed by atoms with van der Waals surface area (Å²) in [7, 11) is 0. The largest absolute Gasteiger partial charge is 0.369 e. The van der Waals surface area contributed by atoms with E-state index in [-0.39, 0.29) is 11.9 Å². The molecule has 0 fully saturated rings. The molecule has 0 spiro atoms. The number of fused-ring (bicyclic) bond motifs is 1. The second kappa shape index (κ2) is 5.44. The van der Waals surface area contributed by atoms with Crippen molar-refractivity contribution < 1.29 is 4.79 Å². The zero-order valence-corrected chi connectivity index (χ0v) is 13.3. The van der Waals surface area contributed by atoms with E-state index in [2.05, 4.69) is 15.4 Å². The minimum atomic E-state index is -0.581. The highest BCUT2D eigenvalue weighted by atomic mass is 16.1. The van der Waals surface area contributed by atoms with Crippen LogP contribution in [0.1, 0.15) is 43.8 Å². The van der Waals surface area contributed by atoms with Crippen molar-refractivity contribution >= 4 is 11.6 Å². The Morgan fingerprint density at radius 2 is 2.14 bits per heavy atom. The number of carbonyl (C=O) groups excluding carboxylic acids is 1. The number of carbonyl (C=O) groups is 1. The molecule has 21 heavy (non-hydrogen) atoms. The SMILES string of the molecule is Cc1cc2ncc(C(C)NCC(C)(C)C(N)=O)c(C)n2n1. The Bertz CT molecular complexity index is 674. The number of primary amides is 1. The summed E-state index contributed by atoms with van der Waals surface area (Å²) in [6.45, 7) is 10.2. The minimum absolute atomic E-state index is 0.0602. The van der Waals surface area contributed by atoms with Gasteiger partial charge in [0.15, 0.2) is 5.65 Å². The van der Waals surface area contributed by atoms with Gasteiger partial charge in [-0.3, -0.25) is 4.79 Å². The van der Waals surface area contributed by atoms with E-state index < -0.39 is 5.41 Å². The van der Waals surface area contributed by atoms with Crippen molar-refractivity contribution in [3.63, 3.8) is 0 Å². The van der Waals surface area contributed by atoms with E-state index in [1.807, 2.05) is 51.4 Å². The zero-order valence-electron chi connectivity index (χ0n) is 13.3. The molecule has 3 N–H and O–H groups in total. The molecular weight excluding hydrogens is 266 g/mol. The van der Waals surface area contributed by atoms with Crippen LogP contribution in [0.25, 0.3) is 5.65 Å². The first-order valence-corrected chi connectivity index (χ1v) is 7.07. The summed E-state index contributed by atoms with van der Waals surface area (Å²) in [6, 6.07) is 2.01. The van der Waals surface area contributed by atoms with E-state index in [0.29, 0.717) is 6.54 Å². The van der Waals surface area contributed by atoms with Crippen molar-refractivity contribution in [2.75, 3.05) is 6.54 Å². The molecule has 0 radical (unpaired) electrons. The molecule has 2 aromatic rings. The number of aromatic nitrogens is 3. The Morgan fingerprint density at radius 3 is 2.76 bits per heavy atom. The van der Waals surface area contributed by atoms with Crippen LogP contribution in [-0.2, 0) is 4.79 Å². The van der Waals surface area contributed by atoms with Crippen molar-refractivity contribution in [2.24, 2.45) is 11.1 Å². The van der Waals surface area contributed by atoms with Crippen LogP contribution in [0, 0.1) is 19.3 Å². The molecule has 0 saturated carbocycles. The van der Waals surface area contributed by atoms with Crippen LogP contribution in [0.5, 0.6) is 0 Å². The van der Waals surface area contributed by atoms with Crippen LogP contribution >= 0.6 is 0 Å². The Morgan fingerprint density at radius 1 is 1.48 bits per heavy atom. The van der Waals surface area contributed by atoms with Crippen molar-refractivity contribution in [3.05, 3.63) is 29.2 Å². The molecule has 2 rings (SSSR count). The maximum Gasteiger partial charge on any atom is 0.224 e. The number of aryl methyl sites for hydroxylation is 2. The maximum absolute atomic E-state index is 11.4. The molecule has 2 aromatic heterocycles. The monoisotopic (exact) mass is 289 g/mol. The highest BCUT2D eigenvalue weighted by Crippen LogP contribution is 2.20. The molecular formula is C15H23N5O. The van der Waals surface area contributed by atoms with Gasteiger partial charge in [-0.1, -0.05) is 0 Å². The smallest absolute Gasteiger partial charge is 0.224 e. The lowest BCUT2D eigenvalue weighted by Crippen LogP contribution is -2.41. The fourth-order valence-corrected chi connectivity index (χ4v) is 2.21. The van der Waals surface area contributed by atoms with Crippen LogP contribution < -0.4 is 11.1 Å². The third kappa shape index (κ3) is 3.05. The standard InChI is InChI=1S/C15H23N5O/c1-9-6-13-17-7-12(11(3)20(13)19-9)10(2)18-8-15(4,5)14(16)21/h6-7,10,18H,8H2,1-5H3,(H2,16,21). The van der Waals surface area contributed by atoms with Gasteiger partial charge in [-0.15, -0.1) is 0 Å². The fraction of sp³-hybridized carbons (Fsp3) is 0.533. The normalized spacial score (nSPS) is 13.6. The Kier molecular flexibility index (Phi) is 4.00. The maximum atomic E-state index is 11.4. The lowest BCUT2D eigenvalue weighted by Gasteiger charge is -2.24. The molecule has 0 bridgehead atoms. The van der Waals surface area contributed by atoms with Gasteiger partial charge < -0.3 is 11.1 Å². The molecule has 6 heteroatoms. The summed E-state index contributed by atoms with van der Waals surface area (Å²) in [5.41, 5.74) is 8.71. The van der Waals surface area contributed by atoms with Crippen LogP contribution in [0.4, 0.5) is 0 Å². The van der Waals surface area contributed by atoms with Gasteiger partial charge in [-0.2, -0.15) is 5.10 Å². The second-order valence-electron chi connectivity index (χ2n) is 6.21. The average molecular weight is 289 g/mol. The summed E-state index contributed by atoms with van der Waals surface area (Å²) >= 11 is 0. The first-order valence-electron chi connectivity index (χ1n) is 7.07. The highest BCUT2D eigenvalue weighted by molar-refractivity contribution is 5.80. The van der Waals surface area contributed by atoms with Crippen LogP contribution in [-0.4, -0.2) is 27.0 Å². The lowest BCUT2D eigenvalue weighted by atomic mass is 9.92. The number of hydrogen-bond acceptors (Lipinski definition) is 4. The van der Waals surface area contributed by atoms with Gasteiger partial charge in [-0.25, -0.2) is 9.50 Å². The predicted octanol–water partition coefficient (Wildman–Crippen LogP) is 1.51. The van der Waals surface area contributed by atoms with Gasteiger partial charge >= 0.3 is 0 Å². The van der Waals surface area contributed by atoms with Crippen LogP contribution in [0.2, 0.25) is 0 Å². The number of hydrogen-bond donors (Lipinski definition) is 2. The number of rotatable bonds is 5. The van der Waals surface area contributed by atoms with Gasteiger partial charge in [0, 0.05) is 36.1 Å². The Balaban J connectivity index is 2.21.